The molecule has 2 aromatic carbocycles. The van der Waals surface area contributed by atoms with Crippen molar-refractivity contribution in [1.82, 2.24) is 4.90 Å². The zero-order chi connectivity index (χ0) is 17.3. The van der Waals surface area contributed by atoms with Crippen molar-refractivity contribution in [3.8, 4) is 0 Å². The van der Waals surface area contributed by atoms with Gasteiger partial charge in [0, 0.05) is 12.1 Å². The molecule has 0 radical (unpaired) electrons. The normalized spacial score (nSPS) is 20.4. The summed E-state index contributed by atoms with van der Waals surface area (Å²) >= 11 is 0. The maximum absolute atomic E-state index is 13.0. The Labute approximate surface area is 141 Å². The summed E-state index contributed by atoms with van der Waals surface area (Å²) in [6.45, 7) is 4.35. The van der Waals surface area contributed by atoms with E-state index < -0.39 is 17.9 Å². The van der Waals surface area contributed by atoms with Crippen LogP contribution in [0.2, 0.25) is 0 Å². The number of carbonyl (C=O) groups excluding carboxylic acids is 1. The molecule has 1 heterocycles. The Bertz CT molecular complexity index is 765. The van der Waals surface area contributed by atoms with Gasteiger partial charge < -0.3 is 10.0 Å². The molecule has 24 heavy (non-hydrogen) atoms. The van der Waals surface area contributed by atoms with E-state index in [9.17, 15) is 14.7 Å². The second-order valence-electron chi connectivity index (χ2n) is 6.25. The Morgan fingerprint density at radius 1 is 1.17 bits per heavy atom. The van der Waals surface area contributed by atoms with Crippen LogP contribution in [0.5, 0.6) is 0 Å². The lowest BCUT2D eigenvalue weighted by Gasteiger charge is -2.33. The van der Waals surface area contributed by atoms with Crippen molar-refractivity contribution in [1.29, 1.82) is 0 Å². The lowest BCUT2D eigenvalue weighted by atomic mass is 9.87. The molecule has 0 saturated heterocycles. The summed E-state index contributed by atoms with van der Waals surface area (Å²) in [6.07, 6.45) is 0.353. The number of nitrogens with zero attached hydrogens (tertiary/aromatic N) is 1. The molecule has 1 aliphatic heterocycles. The molecular weight excluding hydrogens is 302 g/mol. The average Bonchev–Trinajstić information content (AvgIpc) is 2.70. The molecular formula is C20H21NO3. The number of carboxylic acid groups (broad SMARTS) is 1. The third-order valence-electron chi connectivity index (χ3n) is 4.74. The van der Waals surface area contributed by atoms with Crippen LogP contribution in [0.4, 0.5) is 0 Å². The first-order chi connectivity index (χ1) is 11.5. The highest BCUT2D eigenvalue weighted by atomic mass is 16.4. The van der Waals surface area contributed by atoms with E-state index >= 15 is 0 Å². The first-order valence-electron chi connectivity index (χ1n) is 8.21. The predicted octanol–water partition coefficient (Wildman–Crippen LogP) is 3.46. The molecule has 1 N–H and O–H groups in total. The summed E-state index contributed by atoms with van der Waals surface area (Å²) in [5.41, 5.74) is 3.40. The number of carboxylic acids is 1. The van der Waals surface area contributed by atoms with E-state index in [-0.39, 0.29) is 5.91 Å². The Morgan fingerprint density at radius 3 is 2.46 bits per heavy atom. The van der Waals surface area contributed by atoms with Gasteiger partial charge in [-0.05, 0) is 37.5 Å². The van der Waals surface area contributed by atoms with E-state index in [4.69, 9.17) is 0 Å². The van der Waals surface area contributed by atoms with Crippen molar-refractivity contribution in [2.24, 2.45) is 5.92 Å². The number of aryl methyl sites for hydroxylation is 1. The first kappa shape index (κ1) is 16.2. The fraction of sp³-hybridized carbons (Fsp3) is 0.300. The quantitative estimate of drug-likeness (QED) is 0.941. The highest BCUT2D eigenvalue weighted by Gasteiger charge is 2.39. The molecule has 1 aliphatic rings. The van der Waals surface area contributed by atoms with Crippen molar-refractivity contribution in [3.05, 3.63) is 70.8 Å². The minimum atomic E-state index is -0.872. The van der Waals surface area contributed by atoms with Gasteiger partial charge in [-0.25, -0.2) is 0 Å². The van der Waals surface area contributed by atoms with Crippen LogP contribution in [0.3, 0.4) is 0 Å². The van der Waals surface area contributed by atoms with Crippen LogP contribution in [-0.2, 0) is 11.2 Å². The zero-order valence-corrected chi connectivity index (χ0v) is 13.9. The largest absolute Gasteiger partial charge is 0.481 e. The molecule has 4 nitrogen and oxygen atoms in total. The topological polar surface area (TPSA) is 57.6 Å². The molecule has 0 bridgehead atoms. The first-order valence-corrected chi connectivity index (χ1v) is 8.21. The summed E-state index contributed by atoms with van der Waals surface area (Å²) in [5, 5.41) is 9.84. The van der Waals surface area contributed by atoms with Gasteiger partial charge in [-0.1, -0.05) is 48.0 Å². The van der Waals surface area contributed by atoms with Gasteiger partial charge in [0.25, 0.3) is 5.91 Å². The zero-order valence-electron chi connectivity index (χ0n) is 13.9. The van der Waals surface area contributed by atoms with Crippen molar-refractivity contribution in [3.63, 3.8) is 0 Å². The molecule has 0 aliphatic carbocycles. The molecule has 0 saturated carbocycles. The molecule has 124 valence electrons. The van der Waals surface area contributed by atoms with Gasteiger partial charge >= 0.3 is 5.97 Å². The van der Waals surface area contributed by atoms with Crippen LogP contribution >= 0.6 is 0 Å². The van der Waals surface area contributed by atoms with Crippen LogP contribution in [0, 0.1) is 12.8 Å². The van der Waals surface area contributed by atoms with Crippen LogP contribution < -0.4 is 0 Å². The van der Waals surface area contributed by atoms with Gasteiger partial charge in [-0.3, -0.25) is 9.59 Å². The highest BCUT2D eigenvalue weighted by Crippen LogP contribution is 2.36. The van der Waals surface area contributed by atoms with Gasteiger partial charge in [-0.15, -0.1) is 0 Å². The van der Waals surface area contributed by atoms with Crippen molar-refractivity contribution >= 4 is 11.9 Å². The van der Waals surface area contributed by atoms with E-state index in [0.29, 0.717) is 18.5 Å². The smallest absolute Gasteiger partial charge is 0.309 e. The Morgan fingerprint density at radius 2 is 1.83 bits per heavy atom. The minimum Gasteiger partial charge on any atom is -0.481 e. The molecule has 2 aromatic rings. The molecule has 2 atom stereocenters. The fourth-order valence-corrected chi connectivity index (χ4v) is 3.49. The molecule has 0 spiro atoms. The SMILES string of the molecule is CCN1C(=O)c2ccccc2C[C@H](C(=O)O)[C@H]1c1ccc(C)cc1. The second-order valence-corrected chi connectivity index (χ2v) is 6.25. The summed E-state index contributed by atoms with van der Waals surface area (Å²) in [5.74, 6) is -1.63. The molecule has 1 amide bonds. The maximum atomic E-state index is 13.0. The summed E-state index contributed by atoms with van der Waals surface area (Å²) in [4.78, 5) is 26.7. The predicted molar refractivity (Wildman–Crippen MR) is 91.9 cm³/mol. The van der Waals surface area contributed by atoms with Gasteiger partial charge in [-0.2, -0.15) is 0 Å². The number of amides is 1. The van der Waals surface area contributed by atoms with Gasteiger partial charge in [0.1, 0.15) is 0 Å². The van der Waals surface area contributed by atoms with E-state index in [1.807, 2.05) is 56.3 Å². The summed E-state index contributed by atoms with van der Waals surface area (Å²) < 4.78 is 0. The number of benzene rings is 2. The number of carbonyl (C=O) groups is 2. The number of fused-ring (bicyclic) bond motifs is 1. The van der Waals surface area contributed by atoms with Crippen LogP contribution in [0.15, 0.2) is 48.5 Å². The third kappa shape index (κ3) is 2.80. The Balaban J connectivity index is 2.15. The average molecular weight is 323 g/mol. The van der Waals surface area contributed by atoms with Gasteiger partial charge in [0.2, 0.25) is 0 Å². The van der Waals surface area contributed by atoms with Crippen molar-refractivity contribution in [2.45, 2.75) is 26.3 Å². The molecule has 3 rings (SSSR count). The van der Waals surface area contributed by atoms with Crippen LogP contribution in [0.1, 0.15) is 40.0 Å². The van der Waals surface area contributed by atoms with Crippen molar-refractivity contribution < 1.29 is 14.7 Å². The Kier molecular flexibility index (Phi) is 4.38. The third-order valence-corrected chi connectivity index (χ3v) is 4.74. The monoisotopic (exact) mass is 323 g/mol. The van der Waals surface area contributed by atoms with Gasteiger partial charge in [0.05, 0.1) is 12.0 Å². The summed E-state index contributed by atoms with van der Waals surface area (Å²) in [7, 11) is 0. The number of hydrogen-bond acceptors (Lipinski definition) is 2. The molecule has 4 heteroatoms. The number of aliphatic carboxylic acids is 1. The standard InChI is InChI=1S/C20H21NO3/c1-3-21-18(14-10-8-13(2)9-11-14)17(20(23)24)12-15-6-4-5-7-16(15)19(21)22/h4-11,17-18H,3,12H2,1-2H3,(H,23,24)/t17-,18+/m0/s1. The molecule has 0 aromatic heterocycles. The lowest BCUT2D eigenvalue weighted by Crippen LogP contribution is -2.39. The second kappa shape index (κ2) is 6.48. The van der Waals surface area contributed by atoms with E-state index in [1.165, 1.54) is 0 Å². The fourth-order valence-electron chi connectivity index (χ4n) is 3.49. The van der Waals surface area contributed by atoms with Gasteiger partial charge in [0.15, 0.2) is 0 Å². The van der Waals surface area contributed by atoms with Crippen molar-refractivity contribution in [2.75, 3.05) is 6.54 Å². The summed E-state index contributed by atoms with van der Waals surface area (Å²) in [6, 6.07) is 14.7. The number of hydrogen-bond donors (Lipinski definition) is 1. The molecule has 0 fully saturated rings. The minimum absolute atomic E-state index is 0.0950. The van der Waals surface area contributed by atoms with E-state index in [1.54, 1.807) is 11.0 Å². The van der Waals surface area contributed by atoms with Crippen LogP contribution in [0.25, 0.3) is 0 Å². The lowest BCUT2D eigenvalue weighted by molar-refractivity contribution is -0.143. The van der Waals surface area contributed by atoms with E-state index in [0.717, 1.165) is 16.7 Å². The van der Waals surface area contributed by atoms with E-state index in [2.05, 4.69) is 0 Å². The highest BCUT2D eigenvalue weighted by molar-refractivity contribution is 5.97. The Hall–Kier alpha value is -2.62. The molecule has 0 unspecified atom stereocenters. The maximum Gasteiger partial charge on any atom is 0.309 e. The number of rotatable bonds is 3. The van der Waals surface area contributed by atoms with Crippen LogP contribution in [-0.4, -0.2) is 28.4 Å².